The number of hydrogen-bond acceptors (Lipinski definition) is 4. The summed E-state index contributed by atoms with van der Waals surface area (Å²) in [6.07, 6.45) is 4.90. The van der Waals surface area contributed by atoms with E-state index in [1.54, 1.807) is 7.11 Å². The molecule has 6 rings (SSSR count). The number of carbonyl (C=O) groups is 1. The highest BCUT2D eigenvalue weighted by Gasteiger charge is 2.41. The first-order valence-electron chi connectivity index (χ1n) is 12.8. The van der Waals surface area contributed by atoms with Crippen LogP contribution in [-0.2, 0) is 9.47 Å². The number of amides is 1. The van der Waals surface area contributed by atoms with Gasteiger partial charge in [0.15, 0.2) is 0 Å². The molecule has 1 fully saturated rings. The fourth-order valence-electron chi connectivity index (χ4n) is 6.01. The van der Waals surface area contributed by atoms with E-state index in [1.165, 1.54) is 33.4 Å². The molecule has 2 aliphatic heterocycles. The Morgan fingerprint density at radius 1 is 0.889 bits per heavy atom. The summed E-state index contributed by atoms with van der Waals surface area (Å²) in [6, 6.07) is 25.4. The van der Waals surface area contributed by atoms with Crippen LogP contribution in [0.25, 0.3) is 16.7 Å². The second-order valence-corrected chi connectivity index (χ2v) is 9.77. The molecule has 0 N–H and O–H groups in total. The molecule has 0 aromatic heterocycles. The minimum Gasteiger partial charge on any atom is -0.491 e. The number of benzene rings is 3. The van der Waals surface area contributed by atoms with Crippen LogP contribution in [0.15, 0.2) is 78.9 Å². The van der Waals surface area contributed by atoms with Crippen LogP contribution in [0, 0.1) is 0 Å². The Balaban J connectivity index is 1.13. The van der Waals surface area contributed by atoms with Gasteiger partial charge in [0, 0.05) is 19.1 Å². The highest BCUT2D eigenvalue weighted by molar-refractivity contribution is 5.79. The van der Waals surface area contributed by atoms with E-state index in [4.69, 9.17) is 14.2 Å². The largest absolute Gasteiger partial charge is 0.491 e. The van der Waals surface area contributed by atoms with Crippen LogP contribution in [0.5, 0.6) is 5.75 Å². The molecule has 2 heterocycles. The van der Waals surface area contributed by atoms with Gasteiger partial charge in [-0.15, -0.1) is 0 Å². The molecule has 2 atom stereocenters. The topological polar surface area (TPSA) is 48.0 Å². The van der Waals surface area contributed by atoms with Crippen molar-refractivity contribution in [3.8, 4) is 16.9 Å². The predicted molar refractivity (Wildman–Crippen MR) is 140 cm³/mol. The third-order valence-corrected chi connectivity index (χ3v) is 7.72. The zero-order chi connectivity index (χ0) is 24.5. The van der Waals surface area contributed by atoms with Crippen molar-refractivity contribution in [3.63, 3.8) is 0 Å². The Hall–Kier alpha value is -3.57. The normalized spacial score (nSPS) is 20.0. The Bertz CT molecular complexity index is 1240. The number of hydrogen-bond donors (Lipinski definition) is 0. The lowest BCUT2D eigenvalue weighted by atomic mass is 9.95. The van der Waals surface area contributed by atoms with Crippen molar-refractivity contribution < 1.29 is 19.0 Å². The van der Waals surface area contributed by atoms with Crippen molar-refractivity contribution in [2.24, 2.45) is 0 Å². The molecule has 2 unspecified atom stereocenters. The Labute approximate surface area is 212 Å². The van der Waals surface area contributed by atoms with Gasteiger partial charge < -0.3 is 14.2 Å². The fourth-order valence-corrected chi connectivity index (χ4v) is 6.01. The Kier molecular flexibility index (Phi) is 6.24. The van der Waals surface area contributed by atoms with Crippen LogP contribution < -0.4 is 4.74 Å². The molecule has 5 heteroatoms. The molecule has 184 valence electrons. The minimum atomic E-state index is -0.193. The van der Waals surface area contributed by atoms with Crippen molar-refractivity contribution in [2.75, 3.05) is 26.9 Å². The van der Waals surface area contributed by atoms with Crippen LogP contribution >= 0.6 is 0 Å². The molecular weight excluding hydrogens is 450 g/mol. The molecule has 5 nitrogen and oxygen atoms in total. The van der Waals surface area contributed by atoms with E-state index < -0.39 is 0 Å². The van der Waals surface area contributed by atoms with Gasteiger partial charge in [0.1, 0.15) is 19.0 Å². The fraction of sp³-hybridized carbons (Fsp3) is 0.323. The third-order valence-electron chi connectivity index (χ3n) is 7.72. The smallest absolute Gasteiger partial charge is 0.410 e. The molecule has 0 radical (unpaired) electrons. The maximum Gasteiger partial charge on any atom is 0.410 e. The highest BCUT2D eigenvalue weighted by atomic mass is 16.6. The first-order chi connectivity index (χ1) is 17.7. The lowest BCUT2D eigenvalue weighted by Gasteiger charge is -2.33. The van der Waals surface area contributed by atoms with Crippen molar-refractivity contribution in [1.29, 1.82) is 0 Å². The van der Waals surface area contributed by atoms with E-state index >= 15 is 0 Å². The van der Waals surface area contributed by atoms with Gasteiger partial charge in [0.2, 0.25) is 0 Å². The number of methoxy groups -OCH3 is 1. The van der Waals surface area contributed by atoms with Crippen LogP contribution in [0.4, 0.5) is 4.79 Å². The van der Waals surface area contributed by atoms with Gasteiger partial charge in [0.05, 0.1) is 12.6 Å². The summed E-state index contributed by atoms with van der Waals surface area (Å²) in [5, 5.41) is 0. The van der Waals surface area contributed by atoms with E-state index in [2.05, 4.69) is 66.7 Å². The lowest BCUT2D eigenvalue weighted by Crippen LogP contribution is -2.43. The molecule has 1 amide bonds. The summed E-state index contributed by atoms with van der Waals surface area (Å²) in [5.74, 6) is 0.926. The third kappa shape index (κ3) is 4.18. The highest BCUT2D eigenvalue weighted by Crippen LogP contribution is 2.45. The summed E-state index contributed by atoms with van der Waals surface area (Å²) in [4.78, 5) is 15.3. The van der Waals surface area contributed by atoms with Crippen molar-refractivity contribution in [1.82, 2.24) is 4.90 Å². The van der Waals surface area contributed by atoms with E-state index in [9.17, 15) is 4.79 Å². The number of ether oxygens (including phenoxy) is 3. The van der Waals surface area contributed by atoms with Gasteiger partial charge in [-0.3, -0.25) is 4.90 Å². The van der Waals surface area contributed by atoms with Gasteiger partial charge in [-0.05, 0) is 64.8 Å². The number of fused-ring (bicyclic) bond motifs is 5. The van der Waals surface area contributed by atoms with Gasteiger partial charge >= 0.3 is 6.09 Å². The van der Waals surface area contributed by atoms with Gasteiger partial charge in [-0.1, -0.05) is 66.7 Å². The standard InChI is InChI=1S/C31H31NO4/c1-34-16-17-35-25-14-10-21(11-15-25)22-18-23-12-13-24(19-22)32(23)31(33)36-20-30-28-8-4-2-6-26(28)27-7-3-5-9-29(27)30/h2-11,14-15,18,23-24,30H,12-13,16-17,19-20H2,1H3. The maximum atomic E-state index is 13.3. The quantitative estimate of drug-likeness (QED) is 0.373. The Morgan fingerprint density at radius 3 is 2.25 bits per heavy atom. The summed E-state index contributed by atoms with van der Waals surface area (Å²) in [6.45, 7) is 1.48. The van der Waals surface area contributed by atoms with Crippen LogP contribution in [-0.4, -0.2) is 50.0 Å². The van der Waals surface area contributed by atoms with Gasteiger partial charge in [-0.25, -0.2) is 4.79 Å². The molecule has 2 bridgehead atoms. The first kappa shape index (κ1) is 22.9. The van der Waals surface area contributed by atoms with Crippen LogP contribution in [0.2, 0.25) is 0 Å². The van der Waals surface area contributed by atoms with Crippen LogP contribution in [0.1, 0.15) is 41.9 Å². The number of carbonyl (C=O) groups excluding carboxylic acids is 1. The summed E-state index contributed by atoms with van der Waals surface area (Å²) < 4.78 is 16.7. The summed E-state index contributed by atoms with van der Waals surface area (Å²) in [5.41, 5.74) is 7.46. The molecule has 3 aliphatic rings. The minimum absolute atomic E-state index is 0.0829. The zero-order valence-electron chi connectivity index (χ0n) is 20.6. The molecule has 1 saturated heterocycles. The molecule has 36 heavy (non-hydrogen) atoms. The second-order valence-electron chi connectivity index (χ2n) is 9.77. The molecule has 1 aliphatic carbocycles. The van der Waals surface area contributed by atoms with E-state index in [1.807, 2.05) is 17.0 Å². The Morgan fingerprint density at radius 2 is 1.58 bits per heavy atom. The first-order valence-corrected chi connectivity index (χ1v) is 12.8. The molecular formula is C31H31NO4. The number of rotatable bonds is 7. The predicted octanol–water partition coefficient (Wildman–Crippen LogP) is 6.28. The number of nitrogens with zero attached hydrogens (tertiary/aromatic N) is 1. The lowest BCUT2D eigenvalue weighted by molar-refractivity contribution is 0.0866. The molecule has 3 aromatic carbocycles. The molecule has 0 spiro atoms. The van der Waals surface area contributed by atoms with Gasteiger partial charge in [0.25, 0.3) is 0 Å². The van der Waals surface area contributed by atoms with Gasteiger partial charge in [-0.2, -0.15) is 0 Å². The van der Waals surface area contributed by atoms with E-state index in [0.717, 1.165) is 25.0 Å². The zero-order valence-corrected chi connectivity index (χ0v) is 20.6. The van der Waals surface area contributed by atoms with Crippen LogP contribution in [0.3, 0.4) is 0 Å². The second kappa shape index (κ2) is 9.82. The summed E-state index contributed by atoms with van der Waals surface area (Å²) in [7, 11) is 1.67. The van der Waals surface area contributed by atoms with Crippen molar-refractivity contribution in [3.05, 3.63) is 95.6 Å². The van der Waals surface area contributed by atoms with Crippen molar-refractivity contribution >= 4 is 11.7 Å². The SMILES string of the molecule is COCCOc1ccc(C2=CC3CCC(C2)N3C(=O)OCC2c3ccccc3-c3ccccc32)cc1. The average Bonchev–Trinajstić information content (AvgIpc) is 3.38. The van der Waals surface area contributed by atoms with E-state index in [-0.39, 0.29) is 24.1 Å². The van der Waals surface area contributed by atoms with Crippen molar-refractivity contribution in [2.45, 2.75) is 37.3 Å². The molecule has 3 aromatic rings. The maximum absolute atomic E-state index is 13.3. The summed E-state index contributed by atoms with van der Waals surface area (Å²) >= 11 is 0. The average molecular weight is 482 g/mol. The van der Waals surface area contributed by atoms with E-state index in [0.29, 0.717) is 19.8 Å². The molecule has 0 saturated carbocycles. The monoisotopic (exact) mass is 481 g/mol.